The Balaban J connectivity index is 1.73. The summed E-state index contributed by atoms with van der Waals surface area (Å²) in [5.74, 6) is 0.533. The molecular formula is C22H23O5P. The maximum absolute atomic E-state index is 12.4. The summed E-state index contributed by atoms with van der Waals surface area (Å²) < 4.78 is 28.4. The molecule has 3 aromatic carbocycles. The zero-order valence-electron chi connectivity index (χ0n) is 16.0. The Hall–Kier alpha value is -2.59. The number of hydrogen-bond donors (Lipinski definition) is 1. The monoisotopic (exact) mass is 398 g/mol. The van der Waals surface area contributed by atoms with Crippen molar-refractivity contribution in [2.75, 3.05) is 7.11 Å². The van der Waals surface area contributed by atoms with Gasteiger partial charge in [-0.2, -0.15) is 0 Å². The van der Waals surface area contributed by atoms with Crippen molar-refractivity contribution >= 4 is 7.82 Å². The molecule has 6 heteroatoms. The molecule has 0 radical (unpaired) electrons. The van der Waals surface area contributed by atoms with Crippen LogP contribution in [-0.4, -0.2) is 12.0 Å². The Morgan fingerprint density at radius 2 is 1.32 bits per heavy atom. The van der Waals surface area contributed by atoms with Crippen molar-refractivity contribution < 1.29 is 23.2 Å². The molecule has 2 unspecified atom stereocenters. The molecule has 0 saturated carbocycles. The van der Waals surface area contributed by atoms with E-state index in [4.69, 9.17) is 13.8 Å². The molecule has 28 heavy (non-hydrogen) atoms. The van der Waals surface area contributed by atoms with Crippen LogP contribution in [0.2, 0.25) is 0 Å². The fourth-order valence-electron chi connectivity index (χ4n) is 3.07. The Kier molecular flexibility index (Phi) is 6.20. The molecule has 0 aliphatic rings. The molecule has 0 aliphatic heterocycles. The van der Waals surface area contributed by atoms with Crippen LogP contribution in [0.3, 0.4) is 0 Å². The molecule has 3 aromatic rings. The number of hydrogen-bond acceptors (Lipinski definition) is 4. The van der Waals surface area contributed by atoms with E-state index in [1.165, 1.54) is 0 Å². The minimum atomic E-state index is -4.31. The third kappa shape index (κ3) is 5.23. The van der Waals surface area contributed by atoms with Gasteiger partial charge in [-0.1, -0.05) is 48.5 Å². The van der Waals surface area contributed by atoms with E-state index >= 15 is 0 Å². The second-order valence-electron chi connectivity index (χ2n) is 6.57. The summed E-state index contributed by atoms with van der Waals surface area (Å²) in [4.78, 5) is 10.1. The fraction of sp³-hybridized carbons (Fsp3) is 0.182. The van der Waals surface area contributed by atoms with Gasteiger partial charge in [-0.25, -0.2) is 4.57 Å². The summed E-state index contributed by atoms with van der Waals surface area (Å²) in [6.45, 7) is 3.78. The molecule has 0 heterocycles. The van der Waals surface area contributed by atoms with E-state index in [1.54, 1.807) is 43.5 Å². The van der Waals surface area contributed by atoms with Gasteiger partial charge in [-0.05, 0) is 60.4 Å². The largest absolute Gasteiger partial charge is 0.584 e. The van der Waals surface area contributed by atoms with Gasteiger partial charge in [0.2, 0.25) is 0 Å². The van der Waals surface area contributed by atoms with Gasteiger partial charge in [0, 0.05) is 7.11 Å². The van der Waals surface area contributed by atoms with E-state index in [9.17, 15) is 9.46 Å². The normalized spacial score (nSPS) is 14.1. The maximum atomic E-state index is 12.4. The van der Waals surface area contributed by atoms with Crippen LogP contribution in [0.15, 0.2) is 72.8 Å². The summed E-state index contributed by atoms with van der Waals surface area (Å²) in [7, 11) is -2.67. The highest BCUT2D eigenvalue weighted by Gasteiger charge is 2.25. The standard InChI is InChI=1S/C22H23O5P/c1-16-13-17(2)15-21(14-16)27-28(23,24)26-20-11-9-19(10-12-20)22(25-3)18-7-5-4-6-8-18/h4-15,22H,1-3H3,(H,23,24). The van der Waals surface area contributed by atoms with Crippen molar-refractivity contribution in [3.05, 3.63) is 95.1 Å². The summed E-state index contributed by atoms with van der Waals surface area (Å²) >= 11 is 0. The predicted molar refractivity (Wildman–Crippen MR) is 109 cm³/mol. The van der Waals surface area contributed by atoms with Gasteiger partial charge < -0.3 is 13.8 Å². The van der Waals surface area contributed by atoms with E-state index in [0.717, 1.165) is 22.3 Å². The molecule has 0 amide bonds. The van der Waals surface area contributed by atoms with Gasteiger partial charge in [0.1, 0.15) is 17.6 Å². The van der Waals surface area contributed by atoms with Crippen molar-refractivity contribution in [3.63, 3.8) is 0 Å². The predicted octanol–water partition coefficient (Wildman–Crippen LogP) is 5.60. The number of aryl methyl sites for hydroxylation is 2. The molecule has 5 nitrogen and oxygen atoms in total. The van der Waals surface area contributed by atoms with Gasteiger partial charge in [-0.15, -0.1) is 0 Å². The average Bonchev–Trinajstić information content (AvgIpc) is 2.63. The Morgan fingerprint density at radius 1 is 0.786 bits per heavy atom. The van der Waals surface area contributed by atoms with E-state index in [-0.39, 0.29) is 11.9 Å². The molecule has 0 saturated heterocycles. The third-order valence-electron chi connectivity index (χ3n) is 4.16. The quantitative estimate of drug-likeness (QED) is 0.525. The van der Waals surface area contributed by atoms with Crippen molar-refractivity contribution in [2.24, 2.45) is 0 Å². The summed E-state index contributed by atoms with van der Waals surface area (Å²) in [5, 5.41) is 0. The second-order valence-corrected chi connectivity index (χ2v) is 7.87. The minimum absolute atomic E-state index is 0.234. The van der Waals surface area contributed by atoms with Crippen molar-refractivity contribution in [1.82, 2.24) is 0 Å². The highest BCUT2D eigenvalue weighted by Crippen LogP contribution is 2.45. The van der Waals surface area contributed by atoms with E-state index in [0.29, 0.717) is 5.75 Å². The molecule has 0 bridgehead atoms. The number of phosphoric ester groups is 1. The smallest absolute Gasteiger partial charge is 0.395 e. The van der Waals surface area contributed by atoms with Crippen LogP contribution in [0.4, 0.5) is 0 Å². The molecule has 0 aliphatic carbocycles. The van der Waals surface area contributed by atoms with Crippen LogP contribution in [0, 0.1) is 13.8 Å². The fourth-order valence-corrected chi connectivity index (χ4v) is 3.86. The molecule has 0 spiro atoms. The Bertz CT molecular complexity index is 950. The molecule has 2 atom stereocenters. The van der Waals surface area contributed by atoms with E-state index in [2.05, 4.69) is 0 Å². The first-order valence-electron chi connectivity index (χ1n) is 8.84. The first kappa shape index (κ1) is 20.2. The SMILES string of the molecule is COC(c1ccccc1)c1ccc(OP(=O)(O)Oc2cc(C)cc(C)c2)cc1. The van der Waals surface area contributed by atoms with Gasteiger partial charge in [0.15, 0.2) is 0 Å². The average molecular weight is 398 g/mol. The van der Waals surface area contributed by atoms with Crippen LogP contribution < -0.4 is 9.05 Å². The maximum Gasteiger partial charge on any atom is 0.584 e. The molecular weight excluding hydrogens is 375 g/mol. The molecule has 3 rings (SSSR count). The van der Waals surface area contributed by atoms with Crippen LogP contribution in [0.1, 0.15) is 28.4 Å². The van der Waals surface area contributed by atoms with Crippen molar-refractivity contribution in [1.29, 1.82) is 0 Å². The summed E-state index contributed by atoms with van der Waals surface area (Å²) in [6, 6.07) is 22.0. The molecule has 0 fully saturated rings. The highest BCUT2D eigenvalue weighted by molar-refractivity contribution is 7.48. The van der Waals surface area contributed by atoms with Crippen LogP contribution in [0.25, 0.3) is 0 Å². The van der Waals surface area contributed by atoms with Gasteiger partial charge in [-0.3, -0.25) is 4.89 Å². The highest BCUT2D eigenvalue weighted by atomic mass is 31.2. The lowest BCUT2D eigenvalue weighted by Crippen LogP contribution is -2.04. The van der Waals surface area contributed by atoms with Crippen LogP contribution in [-0.2, 0) is 9.30 Å². The van der Waals surface area contributed by atoms with Gasteiger partial charge in [0.25, 0.3) is 0 Å². The van der Waals surface area contributed by atoms with E-state index < -0.39 is 7.82 Å². The third-order valence-corrected chi connectivity index (χ3v) is 5.04. The van der Waals surface area contributed by atoms with Gasteiger partial charge in [0.05, 0.1) is 0 Å². The summed E-state index contributed by atoms with van der Waals surface area (Å²) in [5.41, 5.74) is 3.80. The number of phosphoric acid groups is 1. The van der Waals surface area contributed by atoms with E-state index in [1.807, 2.05) is 50.2 Å². The molecule has 0 aromatic heterocycles. The van der Waals surface area contributed by atoms with Crippen LogP contribution in [0.5, 0.6) is 11.5 Å². The molecule has 146 valence electrons. The van der Waals surface area contributed by atoms with Crippen LogP contribution >= 0.6 is 7.82 Å². The van der Waals surface area contributed by atoms with Crippen molar-refractivity contribution in [3.8, 4) is 11.5 Å². The second kappa shape index (κ2) is 8.61. The topological polar surface area (TPSA) is 65.0 Å². The number of ether oxygens (including phenoxy) is 1. The number of rotatable bonds is 7. The van der Waals surface area contributed by atoms with Gasteiger partial charge >= 0.3 is 7.82 Å². The first-order chi connectivity index (χ1) is 13.4. The minimum Gasteiger partial charge on any atom is -0.395 e. The first-order valence-corrected chi connectivity index (χ1v) is 10.3. The zero-order chi connectivity index (χ0) is 20.1. The Morgan fingerprint density at radius 3 is 1.89 bits per heavy atom. The number of methoxy groups -OCH3 is 1. The zero-order valence-corrected chi connectivity index (χ0v) is 16.9. The number of benzene rings is 3. The lowest BCUT2D eigenvalue weighted by Gasteiger charge is -2.18. The summed E-state index contributed by atoms with van der Waals surface area (Å²) in [6.07, 6.45) is -0.234. The Labute approximate surface area is 165 Å². The lowest BCUT2D eigenvalue weighted by molar-refractivity contribution is 0.136. The lowest BCUT2D eigenvalue weighted by atomic mass is 10.0. The van der Waals surface area contributed by atoms with Crippen molar-refractivity contribution in [2.45, 2.75) is 20.0 Å². The molecule has 1 N–H and O–H groups in total.